The molecule has 1 aromatic heterocycles. The van der Waals surface area contributed by atoms with Crippen molar-refractivity contribution in [3.63, 3.8) is 0 Å². The number of rotatable bonds is 3. The van der Waals surface area contributed by atoms with Gasteiger partial charge in [-0.25, -0.2) is 9.78 Å². The second-order valence-corrected chi connectivity index (χ2v) is 4.46. The van der Waals surface area contributed by atoms with Crippen molar-refractivity contribution in [2.24, 2.45) is 0 Å². The Kier molecular flexibility index (Phi) is 3.47. The van der Waals surface area contributed by atoms with Gasteiger partial charge in [0.15, 0.2) is 0 Å². The van der Waals surface area contributed by atoms with Crippen LogP contribution in [-0.2, 0) is 6.54 Å². The number of nitrogens with one attached hydrogen (secondary N) is 1. The van der Waals surface area contributed by atoms with Crippen LogP contribution in [0.5, 0.6) is 0 Å². The molecule has 3 rings (SSSR count). The molecule has 0 radical (unpaired) electrons. The van der Waals surface area contributed by atoms with E-state index in [0.717, 1.165) is 0 Å². The first-order valence-corrected chi connectivity index (χ1v) is 6.46. The maximum Gasteiger partial charge on any atom is 0.346 e. The molecular weight excluding hydrogens is 268 g/mol. The third-order valence-electron chi connectivity index (χ3n) is 3.02. The summed E-state index contributed by atoms with van der Waals surface area (Å²) in [7, 11) is 0. The van der Waals surface area contributed by atoms with Crippen LogP contribution in [-0.4, -0.2) is 10.9 Å². The molecule has 5 heteroatoms. The molecule has 21 heavy (non-hydrogen) atoms. The fourth-order valence-electron chi connectivity index (χ4n) is 1.99. The van der Waals surface area contributed by atoms with E-state index in [2.05, 4.69) is 10.3 Å². The predicted molar refractivity (Wildman–Crippen MR) is 77.9 cm³/mol. The lowest BCUT2D eigenvalue weighted by molar-refractivity contribution is 0.0946. The lowest BCUT2D eigenvalue weighted by Gasteiger charge is -2.04. The number of carbonyl (C=O) groups excluding carboxylic acids is 1. The minimum Gasteiger partial charge on any atom is -0.406 e. The Balaban J connectivity index is 1.80. The molecule has 2 aromatic carbocycles. The summed E-state index contributed by atoms with van der Waals surface area (Å²) in [5, 5.41) is 3.10. The molecule has 0 unspecified atom stereocenters. The summed E-state index contributed by atoms with van der Waals surface area (Å²) in [5.41, 5.74) is 0.642. The van der Waals surface area contributed by atoms with Crippen molar-refractivity contribution < 1.29 is 9.21 Å². The van der Waals surface area contributed by atoms with Gasteiger partial charge >= 0.3 is 5.63 Å². The molecule has 104 valence electrons. The average Bonchev–Trinajstić information content (AvgIpc) is 2.53. The third kappa shape index (κ3) is 2.81. The maximum absolute atomic E-state index is 11.9. The molecule has 0 fully saturated rings. The van der Waals surface area contributed by atoms with Gasteiger partial charge < -0.3 is 9.73 Å². The number of aromatic nitrogens is 1. The number of fused-ring (bicyclic) bond motifs is 1. The average molecular weight is 280 g/mol. The Hall–Kier alpha value is -2.95. The Morgan fingerprint density at radius 1 is 1.05 bits per heavy atom. The van der Waals surface area contributed by atoms with E-state index in [1.165, 1.54) is 0 Å². The van der Waals surface area contributed by atoms with Crippen LogP contribution in [0.3, 0.4) is 0 Å². The second kappa shape index (κ2) is 5.58. The van der Waals surface area contributed by atoms with Gasteiger partial charge in [-0.15, -0.1) is 0 Å². The highest BCUT2D eigenvalue weighted by Gasteiger charge is 2.08. The Labute approximate surface area is 120 Å². The van der Waals surface area contributed by atoms with Gasteiger partial charge in [0, 0.05) is 5.56 Å². The van der Waals surface area contributed by atoms with E-state index in [4.69, 9.17) is 4.42 Å². The van der Waals surface area contributed by atoms with Gasteiger partial charge in [-0.3, -0.25) is 4.79 Å². The van der Waals surface area contributed by atoms with Crippen molar-refractivity contribution in [3.8, 4) is 0 Å². The van der Waals surface area contributed by atoms with Crippen LogP contribution in [0.1, 0.15) is 16.2 Å². The molecule has 3 aromatic rings. The van der Waals surface area contributed by atoms with Gasteiger partial charge in [0.1, 0.15) is 0 Å². The molecule has 0 saturated heterocycles. The summed E-state index contributed by atoms with van der Waals surface area (Å²) < 4.78 is 5.10. The largest absolute Gasteiger partial charge is 0.406 e. The zero-order chi connectivity index (χ0) is 14.7. The first kappa shape index (κ1) is 13.1. The molecule has 0 atom stereocenters. The van der Waals surface area contributed by atoms with Crippen molar-refractivity contribution in [1.82, 2.24) is 10.3 Å². The number of hydrogen-bond acceptors (Lipinski definition) is 4. The number of nitrogens with zero attached hydrogens (tertiary/aromatic N) is 1. The Bertz CT molecular complexity index is 841. The molecular formula is C16H12N2O3. The van der Waals surface area contributed by atoms with Crippen LogP contribution in [0, 0.1) is 0 Å². The first-order valence-electron chi connectivity index (χ1n) is 6.46. The van der Waals surface area contributed by atoms with Crippen molar-refractivity contribution in [2.45, 2.75) is 6.54 Å². The van der Waals surface area contributed by atoms with E-state index < -0.39 is 5.63 Å². The minimum atomic E-state index is -0.454. The van der Waals surface area contributed by atoms with E-state index in [9.17, 15) is 9.59 Å². The monoisotopic (exact) mass is 280 g/mol. The SMILES string of the molecule is O=C(NCc1nc2ccccc2c(=O)o1)c1ccccc1. The smallest absolute Gasteiger partial charge is 0.346 e. The highest BCUT2D eigenvalue weighted by Crippen LogP contribution is 2.07. The fraction of sp³-hybridized carbons (Fsp3) is 0.0625. The second-order valence-electron chi connectivity index (χ2n) is 4.46. The van der Waals surface area contributed by atoms with E-state index in [0.29, 0.717) is 16.5 Å². The predicted octanol–water partition coefficient (Wildman–Crippen LogP) is 2.12. The quantitative estimate of drug-likeness (QED) is 0.797. The van der Waals surface area contributed by atoms with E-state index in [-0.39, 0.29) is 18.3 Å². The fourth-order valence-corrected chi connectivity index (χ4v) is 1.99. The molecule has 0 saturated carbocycles. The third-order valence-corrected chi connectivity index (χ3v) is 3.02. The summed E-state index contributed by atoms with van der Waals surface area (Å²) in [6, 6.07) is 15.7. The van der Waals surface area contributed by atoms with Gasteiger partial charge in [-0.1, -0.05) is 30.3 Å². The van der Waals surface area contributed by atoms with Gasteiger partial charge in [-0.2, -0.15) is 0 Å². The molecule has 0 bridgehead atoms. The number of hydrogen-bond donors (Lipinski definition) is 1. The lowest BCUT2D eigenvalue weighted by atomic mass is 10.2. The van der Waals surface area contributed by atoms with Gasteiger partial charge in [0.25, 0.3) is 5.91 Å². The summed E-state index contributed by atoms with van der Waals surface area (Å²) >= 11 is 0. The Morgan fingerprint density at radius 3 is 2.57 bits per heavy atom. The topological polar surface area (TPSA) is 72.2 Å². The number of benzene rings is 2. The number of para-hydroxylation sites is 1. The molecule has 1 N–H and O–H groups in total. The molecule has 5 nitrogen and oxygen atoms in total. The van der Waals surface area contributed by atoms with Crippen molar-refractivity contribution in [1.29, 1.82) is 0 Å². The molecule has 0 aliphatic carbocycles. The first-order chi connectivity index (χ1) is 10.2. The zero-order valence-electron chi connectivity index (χ0n) is 11.1. The zero-order valence-corrected chi connectivity index (χ0v) is 11.1. The van der Waals surface area contributed by atoms with Gasteiger partial charge in [0.05, 0.1) is 17.4 Å². The van der Waals surface area contributed by atoms with Crippen LogP contribution in [0.4, 0.5) is 0 Å². The summed E-state index contributed by atoms with van der Waals surface area (Å²) in [4.78, 5) is 27.9. The summed E-state index contributed by atoms with van der Waals surface area (Å²) in [6.07, 6.45) is 0. The maximum atomic E-state index is 11.9. The van der Waals surface area contributed by atoms with Crippen LogP contribution >= 0.6 is 0 Å². The summed E-state index contributed by atoms with van der Waals surface area (Å²) in [6.45, 7) is 0.0633. The molecule has 0 aliphatic rings. The van der Waals surface area contributed by atoms with Crippen LogP contribution in [0.15, 0.2) is 63.8 Å². The van der Waals surface area contributed by atoms with Gasteiger partial charge in [-0.05, 0) is 24.3 Å². The van der Waals surface area contributed by atoms with Gasteiger partial charge in [0.2, 0.25) is 5.89 Å². The standard InChI is InChI=1S/C16H12N2O3/c19-15(11-6-2-1-3-7-11)17-10-14-18-13-9-5-4-8-12(13)16(20)21-14/h1-9H,10H2,(H,17,19). The number of carbonyl (C=O) groups is 1. The van der Waals surface area contributed by atoms with Crippen LogP contribution < -0.4 is 10.9 Å². The van der Waals surface area contributed by atoms with Crippen molar-refractivity contribution in [2.75, 3.05) is 0 Å². The van der Waals surface area contributed by atoms with E-state index in [1.54, 1.807) is 48.5 Å². The minimum absolute atomic E-state index is 0.0633. The van der Waals surface area contributed by atoms with Crippen molar-refractivity contribution >= 4 is 16.8 Å². The molecule has 0 aliphatic heterocycles. The van der Waals surface area contributed by atoms with Crippen LogP contribution in [0.2, 0.25) is 0 Å². The van der Waals surface area contributed by atoms with E-state index in [1.807, 2.05) is 6.07 Å². The summed E-state index contributed by atoms with van der Waals surface area (Å²) in [5.74, 6) is -0.0591. The highest BCUT2D eigenvalue weighted by molar-refractivity contribution is 5.94. The Morgan fingerprint density at radius 2 is 1.76 bits per heavy atom. The highest BCUT2D eigenvalue weighted by atomic mass is 16.4. The molecule has 0 spiro atoms. The normalized spacial score (nSPS) is 10.5. The van der Waals surface area contributed by atoms with Crippen molar-refractivity contribution in [3.05, 3.63) is 76.5 Å². The number of amides is 1. The molecule has 1 heterocycles. The van der Waals surface area contributed by atoms with Crippen LogP contribution in [0.25, 0.3) is 10.9 Å². The molecule has 1 amide bonds. The lowest BCUT2D eigenvalue weighted by Crippen LogP contribution is -2.24. The van der Waals surface area contributed by atoms with E-state index >= 15 is 0 Å².